The Balaban J connectivity index is 1.58. The SMILES string of the molecule is Cc1ccc([C@@H](C(=O)NC2CCCC2)N(C(=O)Cn2nnc(-c3ccc(C)o3)n2)c2ccc(Cl)c(C(F)(F)F)c2)cc1. The Labute approximate surface area is 244 Å². The monoisotopic (exact) mass is 600 g/mol. The molecule has 1 atom stereocenters. The average molecular weight is 601 g/mol. The number of aryl methyl sites for hydroxylation is 2. The van der Waals surface area contributed by atoms with Gasteiger partial charge >= 0.3 is 6.18 Å². The second-order valence-corrected chi connectivity index (χ2v) is 10.7. The maximum atomic E-state index is 14.0. The lowest BCUT2D eigenvalue weighted by Crippen LogP contribution is -2.47. The molecule has 13 heteroatoms. The molecule has 0 radical (unpaired) electrons. The molecule has 0 spiro atoms. The van der Waals surface area contributed by atoms with Crippen LogP contribution >= 0.6 is 11.6 Å². The van der Waals surface area contributed by atoms with Gasteiger partial charge in [0.2, 0.25) is 11.7 Å². The highest BCUT2D eigenvalue weighted by Crippen LogP contribution is 2.39. The molecule has 2 amide bonds. The normalized spacial score (nSPS) is 14.6. The van der Waals surface area contributed by atoms with E-state index in [9.17, 15) is 22.8 Å². The van der Waals surface area contributed by atoms with E-state index in [1.165, 1.54) is 6.07 Å². The van der Waals surface area contributed by atoms with Crippen LogP contribution in [-0.2, 0) is 22.3 Å². The van der Waals surface area contributed by atoms with Crippen molar-refractivity contribution in [2.24, 2.45) is 0 Å². The molecule has 1 fully saturated rings. The zero-order valence-electron chi connectivity index (χ0n) is 22.9. The van der Waals surface area contributed by atoms with Gasteiger partial charge in [0.25, 0.3) is 5.91 Å². The zero-order chi connectivity index (χ0) is 30.0. The number of tetrazole rings is 1. The molecule has 2 aromatic carbocycles. The van der Waals surface area contributed by atoms with Gasteiger partial charge in [-0.05, 0) is 67.8 Å². The number of halogens is 4. The van der Waals surface area contributed by atoms with Gasteiger partial charge in [-0.25, -0.2) is 0 Å². The lowest BCUT2D eigenvalue weighted by molar-refractivity contribution is -0.137. The molecule has 0 unspecified atom stereocenters. The van der Waals surface area contributed by atoms with Gasteiger partial charge in [-0.1, -0.05) is 54.3 Å². The summed E-state index contributed by atoms with van der Waals surface area (Å²) in [6, 6.07) is 12.0. The number of carbonyl (C=O) groups excluding carboxylic acids is 2. The third-order valence-electron chi connectivity index (χ3n) is 7.09. The van der Waals surface area contributed by atoms with Gasteiger partial charge in [-0.15, -0.1) is 10.2 Å². The number of nitrogens with one attached hydrogen (secondary N) is 1. The molecule has 1 aliphatic carbocycles. The third kappa shape index (κ3) is 6.48. The lowest BCUT2D eigenvalue weighted by Gasteiger charge is -2.32. The van der Waals surface area contributed by atoms with Crippen LogP contribution < -0.4 is 10.2 Å². The maximum absolute atomic E-state index is 14.0. The van der Waals surface area contributed by atoms with Crippen molar-refractivity contribution in [1.82, 2.24) is 25.5 Å². The van der Waals surface area contributed by atoms with E-state index in [0.717, 1.165) is 53.1 Å². The predicted molar refractivity (Wildman–Crippen MR) is 149 cm³/mol. The van der Waals surface area contributed by atoms with Gasteiger partial charge in [0.15, 0.2) is 5.76 Å². The zero-order valence-corrected chi connectivity index (χ0v) is 23.6. The topological polar surface area (TPSA) is 106 Å². The molecule has 220 valence electrons. The van der Waals surface area contributed by atoms with Crippen LogP contribution in [-0.4, -0.2) is 38.1 Å². The van der Waals surface area contributed by atoms with E-state index in [-0.39, 0.29) is 17.6 Å². The van der Waals surface area contributed by atoms with Gasteiger partial charge in [-0.2, -0.15) is 18.0 Å². The first-order valence-electron chi connectivity index (χ1n) is 13.4. The van der Waals surface area contributed by atoms with Crippen molar-refractivity contribution in [2.75, 3.05) is 4.90 Å². The highest BCUT2D eigenvalue weighted by Gasteiger charge is 2.38. The summed E-state index contributed by atoms with van der Waals surface area (Å²) >= 11 is 5.90. The quantitative estimate of drug-likeness (QED) is 0.264. The fraction of sp³-hybridized carbons (Fsp3) is 0.345. The molecule has 5 rings (SSSR count). The molecule has 1 N–H and O–H groups in total. The first kappa shape index (κ1) is 29.3. The van der Waals surface area contributed by atoms with E-state index in [1.54, 1.807) is 43.3 Å². The Hall–Kier alpha value is -4.19. The second kappa shape index (κ2) is 12.0. The number of anilines is 1. The van der Waals surface area contributed by atoms with Gasteiger partial charge in [-0.3, -0.25) is 14.5 Å². The number of nitrogens with zero attached hydrogens (tertiary/aromatic N) is 5. The first-order valence-corrected chi connectivity index (χ1v) is 13.8. The summed E-state index contributed by atoms with van der Waals surface area (Å²) in [6.07, 6.45) is -1.35. The molecule has 0 aliphatic heterocycles. The molecule has 0 saturated heterocycles. The lowest BCUT2D eigenvalue weighted by atomic mass is 10.0. The van der Waals surface area contributed by atoms with Crippen LogP contribution in [0.4, 0.5) is 18.9 Å². The van der Waals surface area contributed by atoms with E-state index in [1.807, 2.05) is 6.92 Å². The van der Waals surface area contributed by atoms with Crippen molar-refractivity contribution in [2.45, 2.75) is 64.3 Å². The first-order chi connectivity index (χ1) is 20.0. The number of alkyl halides is 3. The summed E-state index contributed by atoms with van der Waals surface area (Å²) in [5.41, 5.74) is 0.0368. The van der Waals surface area contributed by atoms with Crippen molar-refractivity contribution in [3.63, 3.8) is 0 Å². The van der Waals surface area contributed by atoms with E-state index in [4.69, 9.17) is 16.0 Å². The number of carbonyl (C=O) groups is 2. The minimum Gasteiger partial charge on any atom is -0.458 e. The summed E-state index contributed by atoms with van der Waals surface area (Å²) in [6.45, 7) is 3.10. The second-order valence-electron chi connectivity index (χ2n) is 10.3. The largest absolute Gasteiger partial charge is 0.458 e. The van der Waals surface area contributed by atoms with E-state index in [2.05, 4.69) is 20.7 Å². The summed E-state index contributed by atoms with van der Waals surface area (Å²) in [7, 11) is 0. The van der Waals surface area contributed by atoms with Crippen LogP contribution in [0.15, 0.2) is 59.0 Å². The van der Waals surface area contributed by atoms with E-state index in [0.29, 0.717) is 17.1 Å². The Morgan fingerprint density at radius 3 is 2.45 bits per heavy atom. The fourth-order valence-corrected chi connectivity index (χ4v) is 5.22. The number of benzene rings is 2. The number of hydrogen-bond donors (Lipinski definition) is 1. The van der Waals surface area contributed by atoms with Crippen molar-refractivity contribution >= 4 is 29.1 Å². The number of aromatic nitrogens is 4. The molecule has 42 heavy (non-hydrogen) atoms. The fourth-order valence-electron chi connectivity index (χ4n) is 4.99. The summed E-state index contributed by atoms with van der Waals surface area (Å²) < 4.78 is 47.2. The third-order valence-corrected chi connectivity index (χ3v) is 7.42. The van der Waals surface area contributed by atoms with E-state index < -0.39 is 41.2 Å². The Kier molecular flexibility index (Phi) is 8.35. The van der Waals surface area contributed by atoms with Crippen molar-refractivity contribution in [1.29, 1.82) is 0 Å². The molecule has 1 saturated carbocycles. The summed E-state index contributed by atoms with van der Waals surface area (Å²) in [4.78, 5) is 29.9. The summed E-state index contributed by atoms with van der Waals surface area (Å²) in [5.74, 6) is -0.162. The van der Waals surface area contributed by atoms with Gasteiger partial charge in [0.05, 0.1) is 10.6 Å². The Morgan fingerprint density at radius 1 is 1.10 bits per heavy atom. The van der Waals surface area contributed by atoms with Crippen LogP contribution in [0.1, 0.15) is 54.2 Å². The minimum atomic E-state index is -4.79. The van der Waals surface area contributed by atoms with Crippen LogP contribution in [0.5, 0.6) is 0 Å². The predicted octanol–water partition coefficient (Wildman–Crippen LogP) is 6.06. The Bertz CT molecular complexity index is 1580. The summed E-state index contributed by atoms with van der Waals surface area (Å²) in [5, 5.41) is 14.5. The van der Waals surface area contributed by atoms with Crippen LogP contribution in [0, 0.1) is 13.8 Å². The van der Waals surface area contributed by atoms with Crippen LogP contribution in [0.25, 0.3) is 11.6 Å². The number of rotatable bonds is 8. The van der Waals surface area contributed by atoms with Crippen molar-refractivity contribution in [3.05, 3.63) is 82.1 Å². The van der Waals surface area contributed by atoms with Crippen molar-refractivity contribution in [3.8, 4) is 11.6 Å². The molecule has 9 nitrogen and oxygen atoms in total. The average Bonchev–Trinajstić information content (AvgIpc) is 3.71. The Morgan fingerprint density at radius 2 is 1.81 bits per heavy atom. The highest BCUT2D eigenvalue weighted by atomic mass is 35.5. The van der Waals surface area contributed by atoms with Crippen molar-refractivity contribution < 1.29 is 27.2 Å². The highest BCUT2D eigenvalue weighted by molar-refractivity contribution is 6.31. The van der Waals surface area contributed by atoms with Crippen LogP contribution in [0.3, 0.4) is 0 Å². The smallest absolute Gasteiger partial charge is 0.417 e. The standard InChI is InChI=1S/C29H28ClF3N6O3/c1-17-7-10-19(11-8-17)26(28(41)34-20-5-3-4-6-20)39(21-12-13-23(30)22(15-21)29(31,32)33)25(40)16-38-36-27(35-37-38)24-14-9-18(2)42-24/h7-15,20,26H,3-6,16H2,1-2H3,(H,34,41)/t26-/m0/s1. The van der Waals surface area contributed by atoms with Gasteiger partial charge < -0.3 is 9.73 Å². The minimum absolute atomic E-state index is 0.102. The molecular weight excluding hydrogens is 573 g/mol. The number of hydrogen-bond acceptors (Lipinski definition) is 6. The molecular formula is C29H28ClF3N6O3. The van der Waals surface area contributed by atoms with Crippen LogP contribution in [0.2, 0.25) is 5.02 Å². The van der Waals surface area contributed by atoms with Gasteiger partial charge in [0.1, 0.15) is 18.3 Å². The van der Waals surface area contributed by atoms with E-state index >= 15 is 0 Å². The van der Waals surface area contributed by atoms with Gasteiger partial charge in [0, 0.05) is 11.7 Å². The molecule has 4 aromatic rings. The molecule has 1 aliphatic rings. The molecule has 2 aromatic heterocycles. The number of amides is 2. The molecule has 2 heterocycles. The number of furan rings is 1. The molecule has 0 bridgehead atoms. The maximum Gasteiger partial charge on any atom is 0.417 e.